The smallest absolute Gasteiger partial charge is 0.230 e. The van der Waals surface area contributed by atoms with Gasteiger partial charge in [-0.05, 0) is 38.0 Å². The number of piperazine rings is 1. The van der Waals surface area contributed by atoms with Crippen molar-refractivity contribution in [3.05, 3.63) is 77.2 Å². The van der Waals surface area contributed by atoms with Crippen LogP contribution in [0, 0.1) is 19.7 Å². The third-order valence-corrected chi connectivity index (χ3v) is 6.25. The van der Waals surface area contributed by atoms with Gasteiger partial charge in [0.2, 0.25) is 5.91 Å². The van der Waals surface area contributed by atoms with E-state index >= 15 is 0 Å². The predicted octanol–water partition coefficient (Wildman–Crippen LogP) is 4.74. The maximum atomic E-state index is 13.7. The molecular weight excluding hydrogens is 403 g/mol. The molecule has 166 valence electrons. The minimum Gasteiger partial charge on any atom is -0.353 e. The number of rotatable bonds is 5. The fourth-order valence-corrected chi connectivity index (χ4v) is 4.28. The molecule has 1 aliphatic heterocycles. The highest BCUT2D eigenvalue weighted by atomic mass is 19.1. The van der Waals surface area contributed by atoms with Gasteiger partial charge in [0.15, 0.2) is 5.82 Å². The van der Waals surface area contributed by atoms with Gasteiger partial charge in [-0.3, -0.25) is 4.79 Å². The molecule has 0 aliphatic carbocycles. The summed E-state index contributed by atoms with van der Waals surface area (Å²) in [5.74, 6) is 1.16. The molecule has 4 rings (SSSR count). The van der Waals surface area contributed by atoms with Crippen molar-refractivity contribution in [2.45, 2.75) is 33.1 Å². The second kappa shape index (κ2) is 9.47. The van der Waals surface area contributed by atoms with E-state index in [1.54, 1.807) is 6.07 Å². The molecule has 0 spiro atoms. The Kier molecular flexibility index (Phi) is 6.49. The van der Waals surface area contributed by atoms with Crippen LogP contribution >= 0.6 is 0 Å². The Morgan fingerprint density at radius 2 is 1.72 bits per heavy atom. The van der Waals surface area contributed by atoms with Crippen molar-refractivity contribution in [3.63, 3.8) is 0 Å². The van der Waals surface area contributed by atoms with Crippen LogP contribution in [0.4, 0.5) is 10.2 Å². The van der Waals surface area contributed by atoms with Gasteiger partial charge in [-0.2, -0.15) is 0 Å². The summed E-state index contributed by atoms with van der Waals surface area (Å²) in [6.45, 7) is 8.75. The van der Waals surface area contributed by atoms with E-state index in [-0.39, 0.29) is 17.6 Å². The lowest BCUT2D eigenvalue weighted by Gasteiger charge is -2.37. The minimum absolute atomic E-state index is 0.106. The molecule has 2 aromatic carbocycles. The lowest BCUT2D eigenvalue weighted by molar-refractivity contribution is -0.133. The second-order valence-corrected chi connectivity index (χ2v) is 8.28. The van der Waals surface area contributed by atoms with Crippen LogP contribution in [-0.2, 0) is 4.79 Å². The summed E-state index contributed by atoms with van der Waals surface area (Å²) >= 11 is 0. The van der Waals surface area contributed by atoms with E-state index in [1.165, 1.54) is 12.1 Å². The van der Waals surface area contributed by atoms with E-state index in [0.717, 1.165) is 29.1 Å². The molecule has 6 heteroatoms. The molecule has 1 aliphatic rings. The fourth-order valence-electron chi connectivity index (χ4n) is 4.28. The van der Waals surface area contributed by atoms with Crippen LogP contribution in [-0.4, -0.2) is 47.0 Å². The molecule has 32 heavy (non-hydrogen) atoms. The first-order valence-electron chi connectivity index (χ1n) is 11.2. The standard InChI is InChI=1S/C26H29FN4O/c1-4-23(20-9-6-5-7-10-20)26(32)31-15-13-30(14-16-31)25-18(2)19(3)28-24(29-25)21-11-8-12-22(27)17-21/h5-12,17,23H,4,13-16H2,1-3H3/t23-/m1/s1. The summed E-state index contributed by atoms with van der Waals surface area (Å²) < 4.78 is 13.7. The Balaban J connectivity index is 1.51. The van der Waals surface area contributed by atoms with Crippen LogP contribution in [0.25, 0.3) is 11.4 Å². The molecule has 0 unspecified atom stereocenters. The first-order chi connectivity index (χ1) is 15.5. The molecule has 0 saturated carbocycles. The zero-order chi connectivity index (χ0) is 22.7. The highest BCUT2D eigenvalue weighted by Crippen LogP contribution is 2.27. The quantitative estimate of drug-likeness (QED) is 0.584. The summed E-state index contributed by atoms with van der Waals surface area (Å²) in [6, 6.07) is 16.4. The SMILES string of the molecule is CC[C@@H](C(=O)N1CCN(c2nc(-c3cccc(F)c3)nc(C)c2C)CC1)c1ccccc1. The number of carbonyl (C=O) groups is 1. The van der Waals surface area contributed by atoms with E-state index in [1.807, 2.05) is 55.1 Å². The van der Waals surface area contributed by atoms with Crippen LogP contribution in [0.2, 0.25) is 0 Å². The Labute approximate surface area is 188 Å². The van der Waals surface area contributed by atoms with Crippen molar-refractivity contribution in [1.82, 2.24) is 14.9 Å². The van der Waals surface area contributed by atoms with Crippen LogP contribution < -0.4 is 4.90 Å². The van der Waals surface area contributed by atoms with Crippen LogP contribution in [0.1, 0.15) is 36.1 Å². The molecular formula is C26H29FN4O. The number of halogens is 1. The lowest BCUT2D eigenvalue weighted by atomic mass is 9.95. The number of anilines is 1. The third-order valence-electron chi connectivity index (χ3n) is 6.25. The molecule has 1 atom stereocenters. The highest BCUT2D eigenvalue weighted by molar-refractivity contribution is 5.84. The van der Waals surface area contributed by atoms with E-state index in [4.69, 9.17) is 4.98 Å². The van der Waals surface area contributed by atoms with Gasteiger partial charge in [-0.1, -0.05) is 49.4 Å². The van der Waals surface area contributed by atoms with E-state index in [9.17, 15) is 9.18 Å². The number of aromatic nitrogens is 2. The zero-order valence-electron chi connectivity index (χ0n) is 18.9. The largest absolute Gasteiger partial charge is 0.353 e. The summed E-state index contributed by atoms with van der Waals surface area (Å²) in [4.78, 5) is 26.7. The number of hydrogen-bond donors (Lipinski definition) is 0. The molecule has 5 nitrogen and oxygen atoms in total. The summed E-state index contributed by atoms with van der Waals surface area (Å²) in [7, 11) is 0. The fraction of sp³-hybridized carbons (Fsp3) is 0.346. The van der Waals surface area contributed by atoms with Crippen LogP contribution in [0.3, 0.4) is 0 Å². The van der Waals surface area contributed by atoms with Crippen molar-refractivity contribution in [2.24, 2.45) is 0 Å². The zero-order valence-corrected chi connectivity index (χ0v) is 18.9. The Morgan fingerprint density at radius 3 is 2.38 bits per heavy atom. The number of hydrogen-bond acceptors (Lipinski definition) is 4. The molecule has 1 saturated heterocycles. The molecule has 2 heterocycles. The van der Waals surface area contributed by atoms with E-state index < -0.39 is 0 Å². The van der Waals surface area contributed by atoms with Gasteiger partial charge < -0.3 is 9.80 Å². The molecule has 1 fully saturated rings. The normalized spacial score (nSPS) is 15.0. The topological polar surface area (TPSA) is 49.3 Å². The van der Waals surface area contributed by atoms with Gasteiger partial charge in [0.1, 0.15) is 11.6 Å². The number of nitrogens with zero attached hydrogens (tertiary/aromatic N) is 4. The molecule has 1 aromatic heterocycles. The van der Waals surface area contributed by atoms with Gasteiger partial charge >= 0.3 is 0 Å². The molecule has 1 amide bonds. The predicted molar refractivity (Wildman–Crippen MR) is 125 cm³/mol. The number of aryl methyl sites for hydroxylation is 1. The average molecular weight is 433 g/mol. The monoisotopic (exact) mass is 432 g/mol. The van der Waals surface area contributed by atoms with Gasteiger partial charge in [0, 0.05) is 43.0 Å². The minimum atomic E-state index is -0.304. The van der Waals surface area contributed by atoms with Gasteiger partial charge in [-0.25, -0.2) is 14.4 Å². The maximum Gasteiger partial charge on any atom is 0.230 e. The average Bonchev–Trinajstić information content (AvgIpc) is 2.82. The summed E-state index contributed by atoms with van der Waals surface area (Å²) in [6.07, 6.45) is 0.782. The summed E-state index contributed by atoms with van der Waals surface area (Å²) in [5.41, 5.74) is 3.63. The van der Waals surface area contributed by atoms with Gasteiger partial charge in [0.05, 0.1) is 5.92 Å². The first-order valence-corrected chi connectivity index (χ1v) is 11.2. The number of amides is 1. The van der Waals surface area contributed by atoms with E-state index in [2.05, 4.69) is 16.8 Å². The Bertz CT molecular complexity index is 1090. The molecule has 3 aromatic rings. The number of carbonyl (C=O) groups excluding carboxylic acids is 1. The summed E-state index contributed by atoms with van der Waals surface area (Å²) in [5, 5.41) is 0. The molecule has 0 radical (unpaired) electrons. The molecule has 0 N–H and O–H groups in total. The first kappa shape index (κ1) is 21.9. The highest BCUT2D eigenvalue weighted by Gasteiger charge is 2.28. The van der Waals surface area contributed by atoms with Crippen molar-refractivity contribution >= 4 is 11.7 Å². The van der Waals surface area contributed by atoms with Gasteiger partial charge in [-0.15, -0.1) is 0 Å². The van der Waals surface area contributed by atoms with Gasteiger partial charge in [0.25, 0.3) is 0 Å². The van der Waals surface area contributed by atoms with Crippen molar-refractivity contribution in [1.29, 1.82) is 0 Å². The Hall–Kier alpha value is -3.28. The number of benzene rings is 2. The lowest BCUT2D eigenvalue weighted by Crippen LogP contribution is -2.50. The Morgan fingerprint density at radius 1 is 1.00 bits per heavy atom. The maximum absolute atomic E-state index is 13.7. The van der Waals surface area contributed by atoms with Crippen LogP contribution in [0.5, 0.6) is 0 Å². The van der Waals surface area contributed by atoms with Crippen molar-refractivity contribution in [3.8, 4) is 11.4 Å². The van der Waals surface area contributed by atoms with Crippen molar-refractivity contribution < 1.29 is 9.18 Å². The van der Waals surface area contributed by atoms with Crippen molar-refractivity contribution in [2.75, 3.05) is 31.1 Å². The second-order valence-electron chi connectivity index (χ2n) is 8.28. The van der Waals surface area contributed by atoms with Crippen LogP contribution in [0.15, 0.2) is 54.6 Å². The van der Waals surface area contributed by atoms with E-state index in [0.29, 0.717) is 37.6 Å². The molecule has 0 bridgehead atoms. The third kappa shape index (κ3) is 4.49.